The van der Waals surface area contributed by atoms with Crippen LogP contribution in [0.2, 0.25) is 0 Å². The largest absolute Gasteiger partial charge is 0.381 e. The van der Waals surface area contributed by atoms with Gasteiger partial charge < -0.3 is 15.8 Å². The van der Waals surface area contributed by atoms with Gasteiger partial charge in [-0.05, 0) is 30.9 Å². The average molecular weight is 234 g/mol. The van der Waals surface area contributed by atoms with Crippen LogP contribution < -0.4 is 11.1 Å². The SMILES string of the molecule is N[C@@H](CNCC1CCOCC1)c1ccccc1. The van der Waals surface area contributed by atoms with E-state index in [9.17, 15) is 0 Å². The molecule has 0 saturated carbocycles. The predicted molar refractivity (Wildman–Crippen MR) is 69.8 cm³/mol. The van der Waals surface area contributed by atoms with E-state index in [1.807, 2.05) is 18.2 Å². The Morgan fingerprint density at radius 1 is 1.24 bits per heavy atom. The molecule has 1 atom stereocenters. The highest BCUT2D eigenvalue weighted by Gasteiger charge is 2.13. The van der Waals surface area contributed by atoms with Gasteiger partial charge in [0.2, 0.25) is 0 Å². The van der Waals surface area contributed by atoms with Crippen molar-refractivity contribution >= 4 is 0 Å². The van der Waals surface area contributed by atoms with Crippen LogP contribution in [0.25, 0.3) is 0 Å². The molecule has 94 valence electrons. The summed E-state index contributed by atoms with van der Waals surface area (Å²) >= 11 is 0. The highest BCUT2D eigenvalue weighted by molar-refractivity contribution is 5.18. The van der Waals surface area contributed by atoms with Crippen LogP contribution in [0.1, 0.15) is 24.4 Å². The first-order valence-corrected chi connectivity index (χ1v) is 6.45. The summed E-state index contributed by atoms with van der Waals surface area (Å²) in [6.45, 7) is 3.74. The molecule has 1 saturated heterocycles. The Kier molecular flexibility index (Phi) is 4.98. The minimum atomic E-state index is 0.0936. The van der Waals surface area contributed by atoms with Crippen LogP contribution in [0.4, 0.5) is 0 Å². The standard InChI is InChI=1S/C14H22N2O/c15-14(13-4-2-1-3-5-13)11-16-10-12-6-8-17-9-7-12/h1-5,12,14,16H,6-11,15H2/t14-/m0/s1. The highest BCUT2D eigenvalue weighted by Crippen LogP contribution is 2.14. The molecule has 1 heterocycles. The van der Waals surface area contributed by atoms with Crippen molar-refractivity contribution in [2.75, 3.05) is 26.3 Å². The van der Waals surface area contributed by atoms with E-state index < -0.39 is 0 Å². The number of ether oxygens (including phenoxy) is 1. The molecular weight excluding hydrogens is 212 g/mol. The van der Waals surface area contributed by atoms with Crippen LogP contribution in [0, 0.1) is 5.92 Å². The van der Waals surface area contributed by atoms with Crippen LogP contribution in [-0.4, -0.2) is 26.3 Å². The Morgan fingerprint density at radius 2 is 1.94 bits per heavy atom. The summed E-state index contributed by atoms with van der Waals surface area (Å²) in [5.74, 6) is 0.756. The highest BCUT2D eigenvalue weighted by atomic mass is 16.5. The maximum Gasteiger partial charge on any atom is 0.0469 e. The maximum atomic E-state index is 6.12. The number of nitrogens with one attached hydrogen (secondary N) is 1. The molecule has 0 aliphatic carbocycles. The summed E-state index contributed by atoms with van der Waals surface area (Å²) in [7, 11) is 0. The fourth-order valence-corrected chi connectivity index (χ4v) is 2.21. The molecule has 0 unspecified atom stereocenters. The van der Waals surface area contributed by atoms with E-state index in [1.54, 1.807) is 0 Å². The fraction of sp³-hybridized carbons (Fsp3) is 0.571. The molecule has 0 bridgehead atoms. The molecule has 0 amide bonds. The molecule has 1 aromatic rings. The molecular formula is C14H22N2O. The first-order chi connectivity index (χ1) is 8.36. The van der Waals surface area contributed by atoms with Crippen molar-refractivity contribution in [3.63, 3.8) is 0 Å². The number of hydrogen-bond acceptors (Lipinski definition) is 3. The Balaban J connectivity index is 1.67. The van der Waals surface area contributed by atoms with Gasteiger partial charge in [0.05, 0.1) is 0 Å². The van der Waals surface area contributed by atoms with Crippen molar-refractivity contribution in [2.45, 2.75) is 18.9 Å². The topological polar surface area (TPSA) is 47.3 Å². The Bertz CT molecular complexity index is 309. The zero-order valence-electron chi connectivity index (χ0n) is 10.3. The average Bonchev–Trinajstić information content (AvgIpc) is 2.41. The smallest absolute Gasteiger partial charge is 0.0469 e. The van der Waals surface area contributed by atoms with Crippen molar-refractivity contribution < 1.29 is 4.74 Å². The molecule has 1 aliphatic heterocycles. The monoisotopic (exact) mass is 234 g/mol. The lowest BCUT2D eigenvalue weighted by Crippen LogP contribution is -2.32. The van der Waals surface area contributed by atoms with E-state index in [4.69, 9.17) is 10.5 Å². The lowest BCUT2D eigenvalue weighted by atomic mass is 10.00. The quantitative estimate of drug-likeness (QED) is 0.815. The molecule has 1 aromatic carbocycles. The second kappa shape index (κ2) is 6.74. The van der Waals surface area contributed by atoms with Crippen molar-refractivity contribution in [1.82, 2.24) is 5.32 Å². The summed E-state index contributed by atoms with van der Waals surface area (Å²) in [4.78, 5) is 0. The predicted octanol–water partition coefficient (Wildman–Crippen LogP) is 1.70. The normalized spacial score (nSPS) is 19.1. The second-order valence-corrected chi connectivity index (χ2v) is 4.73. The van der Waals surface area contributed by atoms with Crippen LogP contribution >= 0.6 is 0 Å². The van der Waals surface area contributed by atoms with Gasteiger partial charge in [-0.25, -0.2) is 0 Å². The summed E-state index contributed by atoms with van der Waals surface area (Å²) in [5.41, 5.74) is 7.32. The van der Waals surface area contributed by atoms with E-state index in [-0.39, 0.29) is 6.04 Å². The zero-order chi connectivity index (χ0) is 11.9. The number of hydrogen-bond donors (Lipinski definition) is 2. The Labute approximate surface area is 103 Å². The molecule has 1 fully saturated rings. The van der Waals surface area contributed by atoms with Gasteiger partial charge in [-0.2, -0.15) is 0 Å². The minimum Gasteiger partial charge on any atom is -0.381 e. The van der Waals surface area contributed by atoms with E-state index in [1.165, 1.54) is 18.4 Å². The van der Waals surface area contributed by atoms with Gasteiger partial charge in [0, 0.05) is 25.8 Å². The third kappa shape index (κ3) is 4.11. The summed E-state index contributed by atoms with van der Waals surface area (Å²) in [6, 6.07) is 10.4. The van der Waals surface area contributed by atoms with Gasteiger partial charge >= 0.3 is 0 Å². The number of rotatable bonds is 5. The first-order valence-electron chi connectivity index (χ1n) is 6.45. The van der Waals surface area contributed by atoms with Gasteiger partial charge in [0.15, 0.2) is 0 Å². The number of benzene rings is 1. The molecule has 0 spiro atoms. The van der Waals surface area contributed by atoms with Crippen LogP contribution in [0.15, 0.2) is 30.3 Å². The summed E-state index contributed by atoms with van der Waals surface area (Å²) in [6.07, 6.45) is 2.35. The molecule has 3 heteroatoms. The van der Waals surface area contributed by atoms with E-state index in [0.717, 1.165) is 32.2 Å². The lowest BCUT2D eigenvalue weighted by Gasteiger charge is -2.23. The van der Waals surface area contributed by atoms with E-state index >= 15 is 0 Å². The summed E-state index contributed by atoms with van der Waals surface area (Å²) in [5, 5.41) is 3.47. The van der Waals surface area contributed by atoms with E-state index in [2.05, 4.69) is 17.4 Å². The van der Waals surface area contributed by atoms with Crippen molar-refractivity contribution in [2.24, 2.45) is 11.7 Å². The van der Waals surface area contributed by atoms with Crippen molar-refractivity contribution in [3.8, 4) is 0 Å². The van der Waals surface area contributed by atoms with Gasteiger partial charge in [0.25, 0.3) is 0 Å². The third-order valence-electron chi connectivity index (χ3n) is 3.37. The van der Waals surface area contributed by atoms with Gasteiger partial charge in [0.1, 0.15) is 0 Å². The van der Waals surface area contributed by atoms with Crippen LogP contribution in [0.3, 0.4) is 0 Å². The van der Waals surface area contributed by atoms with Crippen LogP contribution in [0.5, 0.6) is 0 Å². The third-order valence-corrected chi connectivity index (χ3v) is 3.37. The molecule has 3 nitrogen and oxygen atoms in total. The second-order valence-electron chi connectivity index (χ2n) is 4.73. The van der Waals surface area contributed by atoms with E-state index in [0.29, 0.717) is 0 Å². The molecule has 2 rings (SSSR count). The molecule has 1 aliphatic rings. The Morgan fingerprint density at radius 3 is 2.65 bits per heavy atom. The van der Waals surface area contributed by atoms with Gasteiger partial charge in [-0.15, -0.1) is 0 Å². The van der Waals surface area contributed by atoms with Gasteiger partial charge in [-0.3, -0.25) is 0 Å². The van der Waals surface area contributed by atoms with Crippen molar-refractivity contribution in [3.05, 3.63) is 35.9 Å². The molecule has 0 radical (unpaired) electrons. The molecule has 0 aromatic heterocycles. The number of nitrogens with two attached hydrogens (primary N) is 1. The Hall–Kier alpha value is -0.900. The molecule has 17 heavy (non-hydrogen) atoms. The van der Waals surface area contributed by atoms with Gasteiger partial charge in [-0.1, -0.05) is 30.3 Å². The molecule has 3 N–H and O–H groups in total. The minimum absolute atomic E-state index is 0.0936. The fourth-order valence-electron chi connectivity index (χ4n) is 2.21. The first kappa shape index (κ1) is 12.6. The maximum absolute atomic E-state index is 6.12. The summed E-state index contributed by atoms with van der Waals surface area (Å²) < 4.78 is 5.34. The van der Waals surface area contributed by atoms with Crippen molar-refractivity contribution in [1.29, 1.82) is 0 Å². The van der Waals surface area contributed by atoms with Crippen LogP contribution in [-0.2, 0) is 4.74 Å². The zero-order valence-corrected chi connectivity index (χ0v) is 10.3. The lowest BCUT2D eigenvalue weighted by molar-refractivity contribution is 0.0662.